The average molecular weight is 340 g/mol. The number of nitro groups is 1. The van der Waals surface area contributed by atoms with Crippen molar-refractivity contribution in [2.75, 3.05) is 10.6 Å². The molecule has 0 saturated heterocycles. The van der Waals surface area contributed by atoms with Gasteiger partial charge in [-0.15, -0.1) is 0 Å². The summed E-state index contributed by atoms with van der Waals surface area (Å²) in [5.74, 6) is -0.456. The van der Waals surface area contributed by atoms with Gasteiger partial charge in [0.05, 0.1) is 9.95 Å². The van der Waals surface area contributed by atoms with E-state index in [1.165, 1.54) is 18.5 Å². The molecule has 0 fully saturated rings. The molecule has 2 rings (SSSR count). The fourth-order valence-corrected chi connectivity index (χ4v) is 1.98. The Morgan fingerprint density at radius 3 is 2.70 bits per heavy atom. The SMILES string of the molecule is CCC(C)Nc1ncnc(Nc2ccc(F)c(Cl)c2)c1[N+](=O)[O-]. The first-order chi connectivity index (χ1) is 10.9. The summed E-state index contributed by atoms with van der Waals surface area (Å²) in [6.07, 6.45) is 1.99. The molecule has 1 heterocycles. The van der Waals surface area contributed by atoms with Crippen molar-refractivity contribution in [1.82, 2.24) is 9.97 Å². The van der Waals surface area contributed by atoms with Crippen LogP contribution in [0.3, 0.4) is 0 Å². The summed E-state index contributed by atoms with van der Waals surface area (Å²) in [7, 11) is 0. The molecule has 9 heteroatoms. The van der Waals surface area contributed by atoms with Crippen molar-refractivity contribution in [3.05, 3.63) is 45.5 Å². The van der Waals surface area contributed by atoms with Crippen LogP contribution in [0, 0.1) is 15.9 Å². The Bertz CT molecular complexity index is 728. The lowest BCUT2D eigenvalue weighted by atomic mass is 10.2. The van der Waals surface area contributed by atoms with Gasteiger partial charge in [-0.05, 0) is 31.5 Å². The predicted molar refractivity (Wildman–Crippen MR) is 86.8 cm³/mol. The summed E-state index contributed by atoms with van der Waals surface area (Å²) >= 11 is 5.71. The summed E-state index contributed by atoms with van der Waals surface area (Å²) in [6.45, 7) is 3.84. The summed E-state index contributed by atoms with van der Waals surface area (Å²) in [6, 6.07) is 3.91. The van der Waals surface area contributed by atoms with Crippen molar-refractivity contribution in [3.8, 4) is 0 Å². The average Bonchev–Trinajstić information content (AvgIpc) is 2.50. The van der Waals surface area contributed by atoms with Gasteiger partial charge < -0.3 is 10.6 Å². The van der Waals surface area contributed by atoms with Crippen LogP contribution in [0.4, 0.5) is 27.4 Å². The fraction of sp³-hybridized carbons (Fsp3) is 0.286. The molecule has 0 spiro atoms. The molecule has 1 aromatic heterocycles. The number of benzene rings is 1. The first kappa shape index (κ1) is 16.9. The largest absolute Gasteiger partial charge is 0.362 e. The van der Waals surface area contributed by atoms with Crippen LogP contribution in [-0.4, -0.2) is 20.9 Å². The fourth-order valence-electron chi connectivity index (χ4n) is 1.79. The van der Waals surface area contributed by atoms with E-state index in [0.29, 0.717) is 5.69 Å². The minimum atomic E-state index is -0.575. The Morgan fingerprint density at radius 2 is 2.09 bits per heavy atom. The number of hydrogen-bond acceptors (Lipinski definition) is 6. The number of anilines is 3. The van der Waals surface area contributed by atoms with E-state index in [4.69, 9.17) is 11.6 Å². The third-order valence-corrected chi connectivity index (χ3v) is 3.47. The molecule has 122 valence electrons. The van der Waals surface area contributed by atoms with Gasteiger partial charge in [-0.2, -0.15) is 0 Å². The van der Waals surface area contributed by atoms with Crippen LogP contribution in [0.2, 0.25) is 5.02 Å². The monoisotopic (exact) mass is 339 g/mol. The van der Waals surface area contributed by atoms with E-state index in [-0.39, 0.29) is 28.4 Å². The summed E-state index contributed by atoms with van der Waals surface area (Å²) in [5, 5.41) is 17.0. The second-order valence-electron chi connectivity index (χ2n) is 4.88. The molecular formula is C14H15ClFN5O2. The van der Waals surface area contributed by atoms with Crippen molar-refractivity contribution < 1.29 is 9.31 Å². The number of hydrogen-bond donors (Lipinski definition) is 2. The Kier molecular flexibility index (Phi) is 5.28. The lowest BCUT2D eigenvalue weighted by Crippen LogP contribution is -2.16. The Labute approximate surface area is 137 Å². The van der Waals surface area contributed by atoms with Gasteiger partial charge in [0.15, 0.2) is 0 Å². The van der Waals surface area contributed by atoms with Gasteiger partial charge in [0.1, 0.15) is 12.1 Å². The van der Waals surface area contributed by atoms with Gasteiger partial charge in [0.2, 0.25) is 11.6 Å². The molecule has 0 aliphatic rings. The second kappa shape index (κ2) is 7.19. The quantitative estimate of drug-likeness (QED) is 0.607. The maximum atomic E-state index is 13.2. The van der Waals surface area contributed by atoms with E-state index in [2.05, 4.69) is 20.6 Å². The van der Waals surface area contributed by atoms with Gasteiger partial charge >= 0.3 is 5.69 Å². The smallest absolute Gasteiger partial charge is 0.353 e. The molecule has 0 bridgehead atoms. The lowest BCUT2D eigenvalue weighted by Gasteiger charge is -2.13. The van der Waals surface area contributed by atoms with Crippen molar-refractivity contribution in [2.45, 2.75) is 26.3 Å². The van der Waals surface area contributed by atoms with E-state index in [1.807, 2.05) is 13.8 Å². The maximum Gasteiger partial charge on any atom is 0.353 e. The molecule has 7 nitrogen and oxygen atoms in total. The number of nitrogens with zero attached hydrogens (tertiary/aromatic N) is 3. The molecule has 0 saturated carbocycles. The Morgan fingerprint density at radius 1 is 1.39 bits per heavy atom. The summed E-state index contributed by atoms with van der Waals surface area (Å²) < 4.78 is 13.2. The van der Waals surface area contributed by atoms with Crippen molar-refractivity contribution in [1.29, 1.82) is 0 Å². The molecule has 1 atom stereocenters. The standard InChI is InChI=1S/C14H15ClFN5O2/c1-3-8(2)19-13-12(21(22)23)14(18-7-17-13)20-9-4-5-11(16)10(15)6-9/h4-8H,3H2,1-2H3,(H2,17,18,19,20). The molecule has 0 radical (unpaired) electrons. The molecule has 1 aromatic carbocycles. The molecule has 2 N–H and O–H groups in total. The molecule has 1 unspecified atom stereocenters. The number of aromatic nitrogens is 2. The number of rotatable bonds is 6. The zero-order valence-corrected chi connectivity index (χ0v) is 13.3. The lowest BCUT2D eigenvalue weighted by molar-refractivity contribution is -0.383. The van der Waals surface area contributed by atoms with E-state index >= 15 is 0 Å². The van der Waals surface area contributed by atoms with Crippen molar-refractivity contribution in [3.63, 3.8) is 0 Å². The Hall–Kier alpha value is -2.48. The summed E-state index contributed by atoms with van der Waals surface area (Å²) in [5.41, 5.74) is 0.0981. The van der Waals surface area contributed by atoms with Crippen molar-refractivity contribution >= 4 is 34.6 Å². The first-order valence-electron chi connectivity index (χ1n) is 6.90. The van der Waals surface area contributed by atoms with Crippen LogP contribution < -0.4 is 10.6 Å². The first-order valence-corrected chi connectivity index (χ1v) is 7.28. The summed E-state index contributed by atoms with van der Waals surface area (Å²) in [4.78, 5) is 18.6. The van der Waals surface area contributed by atoms with Gasteiger partial charge in [0.25, 0.3) is 0 Å². The van der Waals surface area contributed by atoms with Crippen LogP contribution in [0.1, 0.15) is 20.3 Å². The van der Waals surface area contributed by atoms with Crippen LogP contribution in [-0.2, 0) is 0 Å². The van der Waals surface area contributed by atoms with Gasteiger partial charge in [-0.1, -0.05) is 18.5 Å². The highest BCUT2D eigenvalue weighted by Crippen LogP contribution is 2.32. The van der Waals surface area contributed by atoms with Crippen LogP contribution in [0.5, 0.6) is 0 Å². The second-order valence-corrected chi connectivity index (χ2v) is 5.29. The molecule has 2 aromatic rings. The van der Waals surface area contributed by atoms with Crippen LogP contribution in [0.25, 0.3) is 0 Å². The molecule has 0 amide bonds. The van der Waals surface area contributed by atoms with Crippen LogP contribution >= 0.6 is 11.6 Å². The third kappa shape index (κ3) is 4.04. The highest BCUT2D eigenvalue weighted by molar-refractivity contribution is 6.31. The highest BCUT2D eigenvalue weighted by Gasteiger charge is 2.24. The van der Waals surface area contributed by atoms with Crippen molar-refractivity contribution in [2.24, 2.45) is 0 Å². The third-order valence-electron chi connectivity index (χ3n) is 3.18. The number of halogens is 2. The zero-order valence-electron chi connectivity index (χ0n) is 12.5. The molecule has 0 aliphatic heterocycles. The van der Waals surface area contributed by atoms with Gasteiger partial charge in [-0.25, -0.2) is 14.4 Å². The molecular weight excluding hydrogens is 325 g/mol. The minimum absolute atomic E-state index is 0.00141. The van der Waals surface area contributed by atoms with Gasteiger partial charge in [0, 0.05) is 11.7 Å². The van der Waals surface area contributed by atoms with Crippen LogP contribution in [0.15, 0.2) is 24.5 Å². The zero-order chi connectivity index (χ0) is 17.0. The topological polar surface area (TPSA) is 93.0 Å². The highest BCUT2D eigenvalue weighted by atomic mass is 35.5. The maximum absolute atomic E-state index is 13.2. The number of nitrogens with one attached hydrogen (secondary N) is 2. The van der Waals surface area contributed by atoms with E-state index < -0.39 is 10.7 Å². The van der Waals surface area contributed by atoms with E-state index in [9.17, 15) is 14.5 Å². The molecule has 0 aliphatic carbocycles. The molecule has 23 heavy (non-hydrogen) atoms. The van der Waals surface area contributed by atoms with E-state index in [1.54, 1.807) is 0 Å². The van der Waals surface area contributed by atoms with Gasteiger partial charge in [-0.3, -0.25) is 10.1 Å². The minimum Gasteiger partial charge on any atom is -0.362 e. The predicted octanol–water partition coefficient (Wildman–Crippen LogP) is 4.13. The van der Waals surface area contributed by atoms with E-state index in [0.717, 1.165) is 12.5 Å². The Balaban J connectivity index is 2.39. The normalized spacial score (nSPS) is 11.8.